The zero-order valence-electron chi connectivity index (χ0n) is 14.8. The molecule has 7 heteroatoms. The second-order valence-corrected chi connectivity index (χ2v) is 6.66. The molecule has 3 rings (SSSR count). The van der Waals surface area contributed by atoms with E-state index < -0.39 is 0 Å². The zero-order chi connectivity index (χ0) is 18.0. The van der Waals surface area contributed by atoms with E-state index in [0.29, 0.717) is 31.9 Å². The van der Waals surface area contributed by atoms with Gasteiger partial charge in [-0.25, -0.2) is 0 Å². The van der Waals surface area contributed by atoms with Crippen molar-refractivity contribution in [3.05, 3.63) is 23.3 Å². The molecule has 0 radical (unpaired) electrons. The van der Waals surface area contributed by atoms with Crippen molar-refractivity contribution in [1.82, 2.24) is 9.80 Å². The van der Waals surface area contributed by atoms with Crippen LogP contribution in [0.5, 0.6) is 11.5 Å². The Labute approximate surface area is 147 Å². The molecule has 1 saturated heterocycles. The van der Waals surface area contributed by atoms with Gasteiger partial charge in [0.05, 0.1) is 26.7 Å². The summed E-state index contributed by atoms with van der Waals surface area (Å²) in [4.78, 5) is 27.8. The molecule has 2 heterocycles. The van der Waals surface area contributed by atoms with E-state index in [9.17, 15) is 9.59 Å². The summed E-state index contributed by atoms with van der Waals surface area (Å²) in [6.07, 6.45) is 1.54. The topological polar surface area (TPSA) is 85.1 Å². The van der Waals surface area contributed by atoms with Gasteiger partial charge in [-0.2, -0.15) is 0 Å². The maximum absolute atomic E-state index is 12.6. The SMILES string of the molecule is COc1cc2c(cc1OC)CN(C(=O)CN1CC[C@H](C(N)=O)C1)CC2. The molecule has 2 amide bonds. The molecule has 0 aliphatic carbocycles. The lowest BCUT2D eigenvalue weighted by Gasteiger charge is -2.31. The number of nitrogens with two attached hydrogens (primary N) is 1. The third-order valence-electron chi connectivity index (χ3n) is 5.10. The van der Waals surface area contributed by atoms with E-state index in [4.69, 9.17) is 15.2 Å². The van der Waals surface area contributed by atoms with Crippen LogP contribution in [0.3, 0.4) is 0 Å². The minimum Gasteiger partial charge on any atom is -0.493 e. The zero-order valence-corrected chi connectivity index (χ0v) is 14.8. The molecule has 7 nitrogen and oxygen atoms in total. The van der Waals surface area contributed by atoms with Gasteiger partial charge in [0.25, 0.3) is 0 Å². The Bertz CT molecular complexity index is 677. The quantitative estimate of drug-likeness (QED) is 0.833. The first-order valence-corrected chi connectivity index (χ1v) is 8.55. The highest BCUT2D eigenvalue weighted by Crippen LogP contribution is 2.33. The van der Waals surface area contributed by atoms with Crippen molar-refractivity contribution in [1.29, 1.82) is 0 Å². The van der Waals surface area contributed by atoms with E-state index in [-0.39, 0.29) is 17.7 Å². The number of nitrogens with zero attached hydrogens (tertiary/aromatic N) is 2. The maximum atomic E-state index is 12.6. The predicted molar refractivity (Wildman–Crippen MR) is 92.4 cm³/mol. The van der Waals surface area contributed by atoms with Crippen LogP contribution in [0.2, 0.25) is 0 Å². The van der Waals surface area contributed by atoms with E-state index in [1.165, 1.54) is 5.56 Å². The Kier molecular flexibility index (Phi) is 5.13. The van der Waals surface area contributed by atoms with Crippen LogP contribution in [-0.4, -0.2) is 62.0 Å². The molecule has 0 unspecified atom stereocenters. The van der Waals surface area contributed by atoms with E-state index in [2.05, 4.69) is 0 Å². The Balaban J connectivity index is 1.64. The van der Waals surface area contributed by atoms with Gasteiger partial charge in [0, 0.05) is 19.6 Å². The van der Waals surface area contributed by atoms with Gasteiger partial charge < -0.3 is 20.1 Å². The van der Waals surface area contributed by atoms with Gasteiger partial charge in [-0.05, 0) is 42.6 Å². The lowest BCUT2D eigenvalue weighted by molar-refractivity contribution is -0.133. The lowest BCUT2D eigenvalue weighted by atomic mass is 9.98. The first-order chi connectivity index (χ1) is 12.0. The van der Waals surface area contributed by atoms with Gasteiger partial charge in [-0.15, -0.1) is 0 Å². The number of benzene rings is 1. The molecular weight excluding hydrogens is 322 g/mol. The molecule has 0 spiro atoms. The minimum atomic E-state index is -0.275. The normalized spacial score (nSPS) is 20.2. The lowest BCUT2D eigenvalue weighted by Crippen LogP contribution is -2.42. The van der Waals surface area contributed by atoms with Crippen molar-refractivity contribution < 1.29 is 19.1 Å². The molecular formula is C18H25N3O4. The second-order valence-electron chi connectivity index (χ2n) is 6.66. The van der Waals surface area contributed by atoms with Gasteiger partial charge in [-0.3, -0.25) is 14.5 Å². The predicted octanol–water partition coefficient (Wildman–Crippen LogP) is 0.396. The van der Waals surface area contributed by atoms with E-state index in [1.807, 2.05) is 21.9 Å². The molecule has 2 aliphatic rings. The summed E-state index contributed by atoms with van der Waals surface area (Å²) < 4.78 is 10.7. The van der Waals surface area contributed by atoms with Crippen LogP contribution in [0, 0.1) is 5.92 Å². The fourth-order valence-corrected chi connectivity index (χ4v) is 3.60. The molecule has 0 bridgehead atoms. The Morgan fingerprint density at radius 1 is 1.16 bits per heavy atom. The van der Waals surface area contributed by atoms with Gasteiger partial charge in [0.2, 0.25) is 11.8 Å². The van der Waals surface area contributed by atoms with Crippen molar-refractivity contribution >= 4 is 11.8 Å². The molecule has 0 saturated carbocycles. The monoisotopic (exact) mass is 347 g/mol. The number of ether oxygens (including phenoxy) is 2. The molecule has 1 fully saturated rings. The Morgan fingerprint density at radius 2 is 1.84 bits per heavy atom. The number of rotatable bonds is 5. The number of hydrogen-bond donors (Lipinski definition) is 1. The third-order valence-corrected chi connectivity index (χ3v) is 5.10. The number of methoxy groups -OCH3 is 2. The molecule has 1 atom stereocenters. The average molecular weight is 347 g/mol. The fourth-order valence-electron chi connectivity index (χ4n) is 3.60. The fraction of sp³-hybridized carbons (Fsp3) is 0.556. The maximum Gasteiger partial charge on any atom is 0.237 e. The standard InChI is InChI=1S/C18H25N3O4/c1-24-15-7-12-4-6-21(10-14(12)8-16(15)25-2)17(22)11-20-5-3-13(9-20)18(19)23/h7-8,13H,3-6,9-11H2,1-2H3,(H2,19,23)/t13-/m0/s1. The van der Waals surface area contributed by atoms with Crippen LogP contribution in [0.15, 0.2) is 12.1 Å². The molecule has 2 N–H and O–H groups in total. The Morgan fingerprint density at radius 3 is 2.44 bits per heavy atom. The number of fused-ring (bicyclic) bond motifs is 1. The summed E-state index contributed by atoms with van der Waals surface area (Å²) in [6.45, 7) is 2.92. The van der Waals surface area contributed by atoms with Crippen LogP contribution < -0.4 is 15.2 Å². The van der Waals surface area contributed by atoms with Gasteiger partial charge in [-0.1, -0.05) is 0 Å². The van der Waals surface area contributed by atoms with E-state index in [0.717, 1.165) is 30.7 Å². The first-order valence-electron chi connectivity index (χ1n) is 8.55. The Hall–Kier alpha value is -2.28. The van der Waals surface area contributed by atoms with Gasteiger partial charge >= 0.3 is 0 Å². The highest BCUT2D eigenvalue weighted by Gasteiger charge is 2.30. The number of carbonyl (C=O) groups is 2. The molecule has 0 aromatic heterocycles. The largest absolute Gasteiger partial charge is 0.493 e. The van der Waals surface area contributed by atoms with Crippen LogP contribution in [0.25, 0.3) is 0 Å². The third kappa shape index (κ3) is 3.71. The minimum absolute atomic E-state index is 0.0885. The van der Waals surface area contributed by atoms with Gasteiger partial charge in [0.15, 0.2) is 11.5 Å². The van der Waals surface area contributed by atoms with E-state index in [1.54, 1.807) is 14.2 Å². The molecule has 1 aromatic rings. The van der Waals surface area contributed by atoms with Crippen LogP contribution in [0.4, 0.5) is 0 Å². The van der Waals surface area contributed by atoms with E-state index >= 15 is 0 Å². The molecule has 25 heavy (non-hydrogen) atoms. The highest BCUT2D eigenvalue weighted by atomic mass is 16.5. The number of likely N-dealkylation sites (tertiary alicyclic amines) is 1. The summed E-state index contributed by atoms with van der Waals surface area (Å²) in [6, 6.07) is 3.94. The second kappa shape index (κ2) is 7.31. The van der Waals surface area contributed by atoms with Crippen molar-refractivity contribution in [2.75, 3.05) is 40.4 Å². The molecule has 136 valence electrons. The van der Waals surface area contributed by atoms with Gasteiger partial charge in [0.1, 0.15) is 0 Å². The number of carbonyl (C=O) groups excluding carboxylic acids is 2. The van der Waals surface area contributed by atoms with Crippen molar-refractivity contribution in [3.8, 4) is 11.5 Å². The van der Waals surface area contributed by atoms with Crippen molar-refractivity contribution in [2.45, 2.75) is 19.4 Å². The smallest absolute Gasteiger partial charge is 0.237 e. The summed E-state index contributed by atoms with van der Waals surface area (Å²) in [7, 11) is 3.23. The number of primary amides is 1. The number of amides is 2. The molecule has 2 aliphatic heterocycles. The summed E-state index contributed by atoms with van der Waals surface area (Å²) in [5.41, 5.74) is 7.64. The average Bonchev–Trinajstić information content (AvgIpc) is 3.08. The summed E-state index contributed by atoms with van der Waals surface area (Å²) in [5.74, 6) is 1.08. The highest BCUT2D eigenvalue weighted by molar-refractivity contribution is 5.80. The number of hydrogen-bond acceptors (Lipinski definition) is 5. The molecule has 1 aromatic carbocycles. The van der Waals surface area contributed by atoms with Crippen molar-refractivity contribution in [2.24, 2.45) is 11.7 Å². The van der Waals surface area contributed by atoms with Crippen LogP contribution >= 0.6 is 0 Å². The van der Waals surface area contributed by atoms with Crippen LogP contribution in [-0.2, 0) is 22.6 Å². The summed E-state index contributed by atoms with van der Waals surface area (Å²) in [5, 5.41) is 0. The van der Waals surface area contributed by atoms with Crippen LogP contribution in [0.1, 0.15) is 17.5 Å². The van der Waals surface area contributed by atoms with Crippen molar-refractivity contribution in [3.63, 3.8) is 0 Å². The summed E-state index contributed by atoms with van der Waals surface area (Å²) >= 11 is 0. The first kappa shape index (κ1) is 17.5.